The average Bonchev–Trinajstić information content (AvgIpc) is 2.77. The van der Waals surface area contributed by atoms with Crippen molar-refractivity contribution in [2.75, 3.05) is 26.2 Å². The molecular formula is C26H32N2O2. The first-order valence-corrected chi connectivity index (χ1v) is 11.2. The summed E-state index contributed by atoms with van der Waals surface area (Å²) in [6, 6.07) is 19.4. The van der Waals surface area contributed by atoms with Crippen molar-refractivity contribution in [3.8, 4) is 0 Å². The van der Waals surface area contributed by atoms with E-state index in [9.17, 15) is 9.90 Å². The van der Waals surface area contributed by atoms with E-state index in [1.165, 1.54) is 16.7 Å². The van der Waals surface area contributed by atoms with Crippen LogP contribution >= 0.6 is 0 Å². The Balaban J connectivity index is 1.51. The number of aliphatic hydroxyl groups is 1. The number of fused-ring (bicyclic) bond motifs is 1. The maximum atomic E-state index is 12.4. The molecule has 0 unspecified atom stereocenters. The molecule has 2 aromatic carbocycles. The first kappa shape index (κ1) is 20.8. The van der Waals surface area contributed by atoms with Crippen LogP contribution in [0, 0.1) is 0 Å². The average molecular weight is 405 g/mol. The predicted octanol–water partition coefficient (Wildman–Crippen LogP) is 4.02. The van der Waals surface area contributed by atoms with Gasteiger partial charge in [0, 0.05) is 37.5 Å². The molecule has 2 aliphatic heterocycles. The van der Waals surface area contributed by atoms with Gasteiger partial charge in [-0.25, -0.2) is 0 Å². The Labute approximate surface area is 179 Å². The maximum absolute atomic E-state index is 12.4. The second-order valence-corrected chi connectivity index (χ2v) is 8.39. The highest BCUT2D eigenvalue weighted by Crippen LogP contribution is 2.42. The molecule has 2 heterocycles. The molecule has 4 rings (SSSR count). The van der Waals surface area contributed by atoms with Crippen LogP contribution in [0.25, 0.3) is 12.2 Å². The molecule has 158 valence electrons. The fraction of sp³-hybridized carbons (Fsp3) is 0.423. The highest BCUT2D eigenvalue weighted by atomic mass is 16.3. The summed E-state index contributed by atoms with van der Waals surface area (Å²) in [6.07, 6.45) is 6.94. The predicted molar refractivity (Wildman–Crippen MR) is 122 cm³/mol. The molecule has 0 aromatic heterocycles. The Hall–Kier alpha value is -2.43. The molecule has 1 N–H and O–H groups in total. The van der Waals surface area contributed by atoms with Gasteiger partial charge < -0.3 is 10.0 Å². The molecule has 1 amide bonds. The van der Waals surface area contributed by atoms with Gasteiger partial charge in [0.1, 0.15) is 0 Å². The molecule has 0 spiro atoms. The molecule has 0 radical (unpaired) electrons. The lowest BCUT2D eigenvalue weighted by Crippen LogP contribution is -2.67. The second kappa shape index (κ2) is 9.59. The fourth-order valence-corrected chi connectivity index (χ4v) is 4.98. The van der Waals surface area contributed by atoms with Crippen LogP contribution in [0.1, 0.15) is 48.8 Å². The lowest BCUT2D eigenvalue weighted by Gasteiger charge is -2.57. The smallest absolute Gasteiger partial charge is 0.222 e. The fourth-order valence-electron chi connectivity index (χ4n) is 4.98. The van der Waals surface area contributed by atoms with E-state index in [0.717, 1.165) is 32.5 Å². The van der Waals surface area contributed by atoms with E-state index in [1.54, 1.807) is 0 Å². The van der Waals surface area contributed by atoms with Gasteiger partial charge in [-0.2, -0.15) is 0 Å². The Morgan fingerprint density at radius 1 is 1.00 bits per heavy atom. The number of nitrogens with zero attached hydrogens (tertiary/aromatic N) is 2. The van der Waals surface area contributed by atoms with E-state index in [2.05, 4.69) is 53.5 Å². The van der Waals surface area contributed by atoms with Gasteiger partial charge in [-0.05, 0) is 36.1 Å². The van der Waals surface area contributed by atoms with Crippen LogP contribution in [0.2, 0.25) is 0 Å². The van der Waals surface area contributed by atoms with Crippen LogP contribution in [0.4, 0.5) is 0 Å². The zero-order valence-electron chi connectivity index (χ0n) is 17.8. The summed E-state index contributed by atoms with van der Waals surface area (Å²) in [5.74, 6) is 0.511. The molecule has 0 bridgehead atoms. The number of carbonyl (C=O) groups is 1. The Morgan fingerprint density at radius 2 is 1.67 bits per heavy atom. The first-order valence-electron chi connectivity index (χ1n) is 11.2. The van der Waals surface area contributed by atoms with Crippen molar-refractivity contribution < 1.29 is 9.90 Å². The molecule has 0 saturated carbocycles. The standard InChI is InChI=1S/C26H32N2O2/c1-2-25(30)27-16-6-7-17-28-23(18-27)26(24(28)19-29)22-14-12-21(13-15-22)11-10-20-8-4-3-5-9-20/h3-5,8-15,23-24,26,29H,2,6-7,16-19H2,1H3/b11-10+/t23-,24-,26-/m1/s1. The van der Waals surface area contributed by atoms with Crippen molar-refractivity contribution in [1.82, 2.24) is 9.80 Å². The number of carbonyl (C=O) groups excluding carboxylic acids is 1. The number of benzene rings is 2. The number of rotatable bonds is 5. The van der Waals surface area contributed by atoms with Gasteiger partial charge >= 0.3 is 0 Å². The third-order valence-electron chi connectivity index (χ3n) is 6.61. The third kappa shape index (κ3) is 4.35. The van der Waals surface area contributed by atoms with Crippen molar-refractivity contribution in [1.29, 1.82) is 0 Å². The third-order valence-corrected chi connectivity index (χ3v) is 6.61. The number of hydrogen-bond acceptors (Lipinski definition) is 3. The minimum absolute atomic E-state index is 0.150. The monoisotopic (exact) mass is 404 g/mol. The molecule has 4 nitrogen and oxygen atoms in total. The topological polar surface area (TPSA) is 43.8 Å². The van der Waals surface area contributed by atoms with E-state index >= 15 is 0 Å². The van der Waals surface area contributed by atoms with Crippen molar-refractivity contribution in [3.63, 3.8) is 0 Å². The van der Waals surface area contributed by atoms with Crippen LogP contribution < -0.4 is 0 Å². The molecule has 4 heteroatoms. The normalized spacial score (nSPS) is 24.7. The van der Waals surface area contributed by atoms with E-state index in [-0.39, 0.29) is 24.5 Å². The summed E-state index contributed by atoms with van der Waals surface area (Å²) in [5, 5.41) is 10.1. The van der Waals surface area contributed by atoms with Gasteiger partial charge in [0.05, 0.1) is 6.61 Å². The SMILES string of the molecule is CCC(=O)N1CCCCN2[C@H](CO)[C@H](c3ccc(/C=C/c4ccccc4)cc3)[C@H]2C1. The molecule has 30 heavy (non-hydrogen) atoms. The van der Waals surface area contributed by atoms with Gasteiger partial charge in [0.25, 0.3) is 0 Å². The lowest BCUT2D eigenvalue weighted by atomic mass is 9.74. The zero-order valence-corrected chi connectivity index (χ0v) is 17.8. The van der Waals surface area contributed by atoms with Gasteiger partial charge in [0.15, 0.2) is 0 Å². The summed E-state index contributed by atoms with van der Waals surface area (Å²) < 4.78 is 0. The lowest BCUT2D eigenvalue weighted by molar-refractivity contribution is -0.136. The van der Waals surface area contributed by atoms with E-state index in [4.69, 9.17) is 0 Å². The van der Waals surface area contributed by atoms with Crippen LogP contribution in [-0.2, 0) is 4.79 Å². The van der Waals surface area contributed by atoms with Crippen LogP contribution in [0.3, 0.4) is 0 Å². The molecule has 2 fully saturated rings. The number of aliphatic hydroxyl groups excluding tert-OH is 1. The van der Waals surface area contributed by atoms with Crippen LogP contribution in [0.15, 0.2) is 54.6 Å². The summed E-state index contributed by atoms with van der Waals surface area (Å²) >= 11 is 0. The van der Waals surface area contributed by atoms with Gasteiger partial charge in [-0.1, -0.05) is 73.7 Å². The minimum atomic E-state index is 0.150. The quantitative estimate of drug-likeness (QED) is 0.766. The van der Waals surface area contributed by atoms with Crippen LogP contribution in [-0.4, -0.2) is 59.1 Å². The molecule has 0 aliphatic carbocycles. The maximum Gasteiger partial charge on any atom is 0.222 e. The number of hydrogen-bond donors (Lipinski definition) is 1. The van der Waals surface area contributed by atoms with Gasteiger partial charge in [-0.3, -0.25) is 9.69 Å². The molecule has 2 aromatic rings. The molecule has 2 saturated heterocycles. The van der Waals surface area contributed by atoms with Crippen molar-refractivity contribution in [2.24, 2.45) is 0 Å². The summed E-state index contributed by atoms with van der Waals surface area (Å²) in [7, 11) is 0. The zero-order chi connectivity index (χ0) is 20.9. The van der Waals surface area contributed by atoms with Crippen molar-refractivity contribution in [3.05, 3.63) is 71.3 Å². The Bertz CT molecular complexity index is 862. The summed E-state index contributed by atoms with van der Waals surface area (Å²) in [4.78, 5) is 16.8. The highest BCUT2D eigenvalue weighted by Gasteiger charge is 2.49. The van der Waals surface area contributed by atoms with Crippen molar-refractivity contribution >= 4 is 18.1 Å². The summed E-state index contributed by atoms with van der Waals surface area (Å²) in [5.41, 5.74) is 3.61. The Morgan fingerprint density at radius 3 is 2.33 bits per heavy atom. The van der Waals surface area contributed by atoms with E-state index in [0.29, 0.717) is 12.5 Å². The molecule has 2 aliphatic rings. The second-order valence-electron chi connectivity index (χ2n) is 8.39. The first-order chi connectivity index (χ1) is 14.7. The minimum Gasteiger partial charge on any atom is -0.395 e. The number of amides is 1. The van der Waals surface area contributed by atoms with E-state index < -0.39 is 0 Å². The molecule has 3 atom stereocenters. The van der Waals surface area contributed by atoms with Gasteiger partial charge in [0.2, 0.25) is 5.91 Å². The van der Waals surface area contributed by atoms with Crippen molar-refractivity contribution in [2.45, 2.75) is 44.2 Å². The Kier molecular flexibility index (Phi) is 6.66. The summed E-state index contributed by atoms with van der Waals surface area (Å²) in [6.45, 7) is 4.74. The largest absolute Gasteiger partial charge is 0.395 e. The molecular weight excluding hydrogens is 372 g/mol. The van der Waals surface area contributed by atoms with Crippen LogP contribution in [0.5, 0.6) is 0 Å². The van der Waals surface area contributed by atoms with Gasteiger partial charge in [-0.15, -0.1) is 0 Å². The highest BCUT2D eigenvalue weighted by molar-refractivity contribution is 5.76. The van der Waals surface area contributed by atoms with E-state index in [1.807, 2.05) is 30.0 Å².